The number of rotatable bonds is 7. The summed E-state index contributed by atoms with van der Waals surface area (Å²) in [4.78, 5) is 12.4. The minimum Gasteiger partial charge on any atom is -0.497 e. The van der Waals surface area contributed by atoms with E-state index in [2.05, 4.69) is 17.4 Å². The third kappa shape index (κ3) is 4.97. The van der Waals surface area contributed by atoms with Crippen molar-refractivity contribution in [1.29, 1.82) is 0 Å². The fourth-order valence-corrected chi connectivity index (χ4v) is 3.74. The van der Waals surface area contributed by atoms with Crippen molar-refractivity contribution < 1.29 is 19.0 Å². The van der Waals surface area contributed by atoms with Crippen LogP contribution in [0, 0.1) is 6.92 Å². The van der Waals surface area contributed by atoms with Gasteiger partial charge in [-0.25, -0.2) is 0 Å². The summed E-state index contributed by atoms with van der Waals surface area (Å²) in [6.07, 6.45) is 1.72. The number of hydrogen-bond donors (Lipinski definition) is 1. The van der Waals surface area contributed by atoms with E-state index in [1.807, 2.05) is 25.1 Å². The molecule has 0 spiro atoms. The highest BCUT2D eigenvalue weighted by molar-refractivity contribution is 6.30. The Balaban J connectivity index is 1.62. The highest BCUT2D eigenvalue weighted by Gasteiger charge is 2.34. The van der Waals surface area contributed by atoms with Crippen molar-refractivity contribution in [1.82, 2.24) is 5.32 Å². The minimum atomic E-state index is -0.145. The molecule has 1 aliphatic heterocycles. The second-order valence-corrected chi connectivity index (χ2v) is 7.53. The van der Waals surface area contributed by atoms with Crippen LogP contribution in [-0.4, -0.2) is 39.4 Å². The Bertz CT molecular complexity index is 801. The lowest BCUT2D eigenvalue weighted by Crippen LogP contribution is -2.45. The predicted octanol–water partition coefficient (Wildman–Crippen LogP) is 3.90. The van der Waals surface area contributed by atoms with Crippen molar-refractivity contribution in [2.75, 3.05) is 33.5 Å². The molecule has 1 amide bonds. The lowest BCUT2D eigenvalue weighted by atomic mass is 9.74. The first kappa shape index (κ1) is 20.5. The lowest BCUT2D eigenvalue weighted by Gasteiger charge is -2.38. The van der Waals surface area contributed by atoms with E-state index in [-0.39, 0.29) is 17.9 Å². The zero-order chi connectivity index (χ0) is 20.0. The van der Waals surface area contributed by atoms with Crippen molar-refractivity contribution in [2.24, 2.45) is 0 Å². The Morgan fingerprint density at radius 1 is 1.18 bits per heavy atom. The van der Waals surface area contributed by atoms with E-state index in [9.17, 15) is 4.79 Å². The van der Waals surface area contributed by atoms with Gasteiger partial charge in [0.05, 0.1) is 7.11 Å². The van der Waals surface area contributed by atoms with Crippen molar-refractivity contribution >= 4 is 17.5 Å². The summed E-state index contributed by atoms with van der Waals surface area (Å²) in [5, 5.41) is 3.69. The maximum absolute atomic E-state index is 12.4. The summed E-state index contributed by atoms with van der Waals surface area (Å²) in [7, 11) is 1.65. The molecule has 150 valence electrons. The number of carbonyl (C=O) groups excluding carboxylic acids is 1. The summed E-state index contributed by atoms with van der Waals surface area (Å²) in [6.45, 7) is 3.78. The second kappa shape index (κ2) is 9.30. The Labute approximate surface area is 170 Å². The molecule has 0 bridgehead atoms. The molecule has 0 saturated carbocycles. The molecule has 2 aromatic rings. The smallest absolute Gasteiger partial charge is 0.257 e. The summed E-state index contributed by atoms with van der Waals surface area (Å²) >= 11 is 5.96. The molecule has 1 N–H and O–H groups in total. The van der Waals surface area contributed by atoms with Crippen LogP contribution in [0.15, 0.2) is 42.5 Å². The second-order valence-electron chi connectivity index (χ2n) is 7.10. The van der Waals surface area contributed by atoms with E-state index in [1.54, 1.807) is 19.2 Å². The molecule has 28 heavy (non-hydrogen) atoms. The first-order valence-corrected chi connectivity index (χ1v) is 9.78. The molecule has 1 aliphatic rings. The van der Waals surface area contributed by atoms with Gasteiger partial charge in [-0.15, -0.1) is 0 Å². The summed E-state index contributed by atoms with van der Waals surface area (Å²) < 4.78 is 16.5. The van der Waals surface area contributed by atoms with Crippen LogP contribution >= 0.6 is 11.6 Å². The monoisotopic (exact) mass is 403 g/mol. The number of ether oxygens (including phenoxy) is 3. The summed E-state index contributed by atoms with van der Waals surface area (Å²) in [5.74, 6) is 1.34. The summed E-state index contributed by atoms with van der Waals surface area (Å²) in [5.41, 5.74) is 1.95. The van der Waals surface area contributed by atoms with Gasteiger partial charge in [0.15, 0.2) is 6.61 Å². The van der Waals surface area contributed by atoms with E-state index in [0.29, 0.717) is 30.5 Å². The van der Waals surface area contributed by atoms with Gasteiger partial charge < -0.3 is 19.5 Å². The van der Waals surface area contributed by atoms with Gasteiger partial charge in [0.25, 0.3) is 5.91 Å². The number of nitrogens with one attached hydrogen (secondary N) is 1. The molecule has 0 radical (unpaired) electrons. The first-order chi connectivity index (χ1) is 13.5. The third-order valence-corrected chi connectivity index (χ3v) is 5.51. The van der Waals surface area contributed by atoms with E-state index < -0.39 is 0 Å². The zero-order valence-corrected chi connectivity index (χ0v) is 17.1. The van der Waals surface area contributed by atoms with Gasteiger partial charge in [0, 0.05) is 30.2 Å². The zero-order valence-electron chi connectivity index (χ0n) is 16.3. The minimum absolute atomic E-state index is 0.0301. The number of benzene rings is 2. The molecule has 1 saturated heterocycles. The maximum Gasteiger partial charge on any atom is 0.257 e. The standard InChI is InChI=1S/C22H26ClNO4/c1-16-13-18(23)5-8-20(16)28-14-21(25)24-15-22(9-11-27-12-10-22)17-3-6-19(26-2)7-4-17/h3-8,13H,9-12,14-15H2,1-2H3,(H,24,25). The van der Waals surface area contributed by atoms with Crippen LogP contribution in [0.1, 0.15) is 24.0 Å². The average Bonchev–Trinajstić information content (AvgIpc) is 2.72. The fraction of sp³-hybridized carbons (Fsp3) is 0.409. The summed E-state index contributed by atoms with van der Waals surface area (Å²) in [6, 6.07) is 13.4. The lowest BCUT2D eigenvalue weighted by molar-refractivity contribution is -0.123. The molecule has 0 aliphatic carbocycles. The highest BCUT2D eigenvalue weighted by Crippen LogP contribution is 2.35. The Kier molecular flexibility index (Phi) is 6.81. The molecule has 1 fully saturated rings. The number of carbonyl (C=O) groups is 1. The van der Waals surface area contributed by atoms with Gasteiger partial charge in [-0.1, -0.05) is 23.7 Å². The Morgan fingerprint density at radius 3 is 2.54 bits per heavy atom. The van der Waals surface area contributed by atoms with Crippen LogP contribution in [0.4, 0.5) is 0 Å². The molecule has 0 atom stereocenters. The number of amides is 1. The number of methoxy groups -OCH3 is 1. The van der Waals surface area contributed by atoms with Crippen LogP contribution in [-0.2, 0) is 14.9 Å². The Hall–Kier alpha value is -2.24. The van der Waals surface area contributed by atoms with Gasteiger partial charge in [-0.05, 0) is 61.2 Å². The number of hydrogen-bond acceptors (Lipinski definition) is 4. The molecule has 6 heteroatoms. The van der Waals surface area contributed by atoms with Crippen LogP contribution < -0.4 is 14.8 Å². The van der Waals surface area contributed by atoms with Gasteiger partial charge in [0.2, 0.25) is 0 Å². The quantitative estimate of drug-likeness (QED) is 0.761. The molecule has 0 unspecified atom stereocenters. The topological polar surface area (TPSA) is 56.8 Å². The van der Waals surface area contributed by atoms with Crippen LogP contribution in [0.2, 0.25) is 5.02 Å². The fourth-order valence-electron chi connectivity index (χ4n) is 3.51. The molecule has 5 nitrogen and oxygen atoms in total. The van der Waals surface area contributed by atoms with Gasteiger partial charge in [-0.3, -0.25) is 4.79 Å². The number of halogens is 1. The average molecular weight is 404 g/mol. The van der Waals surface area contributed by atoms with Gasteiger partial charge in [0.1, 0.15) is 11.5 Å². The maximum atomic E-state index is 12.4. The molecule has 0 aromatic heterocycles. The van der Waals surface area contributed by atoms with E-state index in [4.69, 9.17) is 25.8 Å². The SMILES string of the molecule is COc1ccc(C2(CNC(=O)COc3ccc(Cl)cc3C)CCOCC2)cc1. The third-order valence-electron chi connectivity index (χ3n) is 5.27. The first-order valence-electron chi connectivity index (χ1n) is 9.40. The van der Waals surface area contributed by atoms with Crippen molar-refractivity contribution in [3.8, 4) is 11.5 Å². The van der Waals surface area contributed by atoms with Crippen molar-refractivity contribution in [3.63, 3.8) is 0 Å². The predicted molar refractivity (Wildman–Crippen MR) is 109 cm³/mol. The van der Waals surface area contributed by atoms with Crippen LogP contribution in [0.5, 0.6) is 11.5 Å². The van der Waals surface area contributed by atoms with E-state index in [0.717, 1.165) is 24.2 Å². The molecule has 2 aromatic carbocycles. The van der Waals surface area contributed by atoms with E-state index in [1.165, 1.54) is 5.56 Å². The highest BCUT2D eigenvalue weighted by atomic mass is 35.5. The molecular weight excluding hydrogens is 378 g/mol. The van der Waals surface area contributed by atoms with Crippen LogP contribution in [0.25, 0.3) is 0 Å². The molecule has 3 rings (SSSR count). The Morgan fingerprint density at radius 2 is 1.89 bits per heavy atom. The van der Waals surface area contributed by atoms with Crippen molar-refractivity contribution in [2.45, 2.75) is 25.2 Å². The van der Waals surface area contributed by atoms with E-state index >= 15 is 0 Å². The largest absolute Gasteiger partial charge is 0.497 e. The van der Waals surface area contributed by atoms with Crippen LogP contribution in [0.3, 0.4) is 0 Å². The molecular formula is C22H26ClNO4. The van der Waals surface area contributed by atoms with Crippen molar-refractivity contribution in [3.05, 3.63) is 58.6 Å². The normalized spacial score (nSPS) is 15.7. The molecule has 1 heterocycles. The van der Waals surface area contributed by atoms with Gasteiger partial charge >= 0.3 is 0 Å². The number of aryl methyl sites for hydroxylation is 1. The van der Waals surface area contributed by atoms with Gasteiger partial charge in [-0.2, -0.15) is 0 Å².